The minimum atomic E-state index is 0.0508. The summed E-state index contributed by atoms with van der Waals surface area (Å²) < 4.78 is 0. The van der Waals surface area contributed by atoms with Gasteiger partial charge in [-0.15, -0.1) is 0 Å². The molecular weight excluding hydrogens is 200 g/mol. The van der Waals surface area contributed by atoms with E-state index >= 15 is 0 Å². The molecule has 82 valence electrons. The molecule has 1 aliphatic rings. The molecule has 2 aromatic rings. The molecule has 0 bridgehead atoms. The molecule has 3 heteroatoms. The number of carbonyl (C=O) groups excluding carboxylic acids is 1. The van der Waals surface area contributed by atoms with Gasteiger partial charge in [0.25, 0.3) is 5.91 Å². The minimum Gasteiger partial charge on any atom is -0.361 e. The quantitative estimate of drug-likeness (QED) is 0.792. The van der Waals surface area contributed by atoms with Crippen LogP contribution in [0.25, 0.3) is 10.9 Å². The summed E-state index contributed by atoms with van der Waals surface area (Å²) in [5.41, 5.74) is 1.78. The van der Waals surface area contributed by atoms with Crippen LogP contribution >= 0.6 is 0 Å². The van der Waals surface area contributed by atoms with Crippen LogP contribution in [0.2, 0.25) is 0 Å². The predicted octanol–water partition coefficient (Wildman–Crippen LogP) is 2.45. The number of rotatable bonds is 2. The van der Waals surface area contributed by atoms with E-state index in [2.05, 4.69) is 10.3 Å². The highest BCUT2D eigenvalue weighted by molar-refractivity contribution is 6.06. The van der Waals surface area contributed by atoms with E-state index in [0.29, 0.717) is 6.04 Å². The highest BCUT2D eigenvalue weighted by atomic mass is 16.1. The van der Waals surface area contributed by atoms with Crippen LogP contribution in [-0.2, 0) is 0 Å². The number of aromatic nitrogens is 1. The first kappa shape index (κ1) is 9.46. The fourth-order valence-electron chi connectivity index (χ4n) is 2.10. The highest BCUT2D eigenvalue weighted by Gasteiger charge is 2.20. The molecule has 1 fully saturated rings. The van der Waals surface area contributed by atoms with Crippen molar-refractivity contribution in [2.45, 2.75) is 25.3 Å². The fraction of sp³-hybridized carbons (Fsp3) is 0.308. The molecule has 0 radical (unpaired) electrons. The lowest BCUT2D eigenvalue weighted by Crippen LogP contribution is -2.39. The Labute approximate surface area is 93.9 Å². The SMILES string of the molecule is O=C(NC1CCC1)c1cccc2[nH]ccc12. The van der Waals surface area contributed by atoms with Gasteiger partial charge in [0.2, 0.25) is 0 Å². The van der Waals surface area contributed by atoms with Crippen LogP contribution < -0.4 is 5.32 Å². The molecule has 2 N–H and O–H groups in total. The van der Waals surface area contributed by atoms with Crippen molar-refractivity contribution in [1.29, 1.82) is 0 Å². The molecule has 16 heavy (non-hydrogen) atoms. The molecule has 1 aliphatic carbocycles. The average molecular weight is 214 g/mol. The highest BCUT2D eigenvalue weighted by Crippen LogP contribution is 2.21. The van der Waals surface area contributed by atoms with Crippen LogP contribution in [0.5, 0.6) is 0 Å². The van der Waals surface area contributed by atoms with E-state index in [1.54, 1.807) is 0 Å². The number of nitrogens with one attached hydrogen (secondary N) is 2. The van der Waals surface area contributed by atoms with E-state index in [1.165, 1.54) is 6.42 Å². The van der Waals surface area contributed by atoms with Crippen LogP contribution in [0.4, 0.5) is 0 Å². The van der Waals surface area contributed by atoms with Gasteiger partial charge in [0.1, 0.15) is 0 Å². The lowest BCUT2D eigenvalue weighted by molar-refractivity contribution is 0.0918. The van der Waals surface area contributed by atoms with Crippen molar-refractivity contribution in [3.63, 3.8) is 0 Å². The molecule has 0 atom stereocenters. The Morgan fingerprint density at radius 1 is 1.31 bits per heavy atom. The van der Waals surface area contributed by atoms with E-state index in [4.69, 9.17) is 0 Å². The third-order valence-corrected chi connectivity index (χ3v) is 3.28. The van der Waals surface area contributed by atoms with Crippen molar-refractivity contribution >= 4 is 16.8 Å². The van der Waals surface area contributed by atoms with Gasteiger partial charge in [-0.25, -0.2) is 0 Å². The Morgan fingerprint density at radius 3 is 2.94 bits per heavy atom. The Balaban J connectivity index is 1.91. The first-order valence-corrected chi connectivity index (χ1v) is 5.71. The van der Waals surface area contributed by atoms with Gasteiger partial charge < -0.3 is 10.3 Å². The molecule has 1 aromatic carbocycles. The second kappa shape index (κ2) is 3.67. The van der Waals surface area contributed by atoms with Crippen molar-refractivity contribution in [2.24, 2.45) is 0 Å². The molecular formula is C13H14N2O. The van der Waals surface area contributed by atoms with Crippen LogP contribution in [0, 0.1) is 0 Å². The second-order valence-corrected chi connectivity index (χ2v) is 4.35. The first-order valence-electron chi connectivity index (χ1n) is 5.71. The Kier molecular flexibility index (Phi) is 2.17. The molecule has 1 heterocycles. The summed E-state index contributed by atoms with van der Waals surface area (Å²) in [6.45, 7) is 0. The summed E-state index contributed by atoms with van der Waals surface area (Å²) in [4.78, 5) is 15.2. The first-order chi connectivity index (χ1) is 7.84. The lowest BCUT2D eigenvalue weighted by atomic mass is 9.93. The van der Waals surface area contributed by atoms with Crippen LogP contribution in [-0.4, -0.2) is 16.9 Å². The summed E-state index contributed by atoms with van der Waals surface area (Å²) in [6.07, 6.45) is 5.34. The van der Waals surface area contributed by atoms with Gasteiger partial charge in [-0.2, -0.15) is 0 Å². The van der Waals surface area contributed by atoms with Gasteiger partial charge in [-0.3, -0.25) is 4.79 Å². The predicted molar refractivity (Wildman–Crippen MR) is 63.4 cm³/mol. The fourth-order valence-corrected chi connectivity index (χ4v) is 2.10. The van der Waals surface area contributed by atoms with E-state index in [9.17, 15) is 4.79 Å². The maximum Gasteiger partial charge on any atom is 0.252 e. The van der Waals surface area contributed by atoms with Gasteiger partial charge >= 0.3 is 0 Å². The van der Waals surface area contributed by atoms with Crippen molar-refractivity contribution in [1.82, 2.24) is 10.3 Å². The Bertz CT molecular complexity index is 525. The molecule has 1 amide bonds. The van der Waals surface area contributed by atoms with Crippen molar-refractivity contribution in [3.8, 4) is 0 Å². The van der Waals surface area contributed by atoms with Gasteiger partial charge in [0, 0.05) is 28.7 Å². The van der Waals surface area contributed by atoms with E-state index in [-0.39, 0.29) is 5.91 Å². The van der Waals surface area contributed by atoms with Gasteiger partial charge in [0.15, 0.2) is 0 Å². The summed E-state index contributed by atoms with van der Waals surface area (Å²) in [6, 6.07) is 8.11. The van der Waals surface area contributed by atoms with E-state index < -0.39 is 0 Å². The van der Waals surface area contributed by atoms with Gasteiger partial charge in [-0.1, -0.05) is 6.07 Å². The minimum absolute atomic E-state index is 0.0508. The summed E-state index contributed by atoms with van der Waals surface area (Å²) in [5.74, 6) is 0.0508. The third kappa shape index (κ3) is 1.48. The normalized spacial score (nSPS) is 16.0. The number of carbonyl (C=O) groups is 1. The molecule has 1 aromatic heterocycles. The zero-order valence-electron chi connectivity index (χ0n) is 8.99. The van der Waals surface area contributed by atoms with Crippen LogP contribution in [0.15, 0.2) is 30.5 Å². The topological polar surface area (TPSA) is 44.9 Å². The maximum atomic E-state index is 12.0. The average Bonchev–Trinajstić information content (AvgIpc) is 2.70. The number of amides is 1. The molecule has 3 nitrogen and oxygen atoms in total. The molecule has 0 spiro atoms. The van der Waals surface area contributed by atoms with Gasteiger partial charge in [-0.05, 0) is 37.5 Å². The largest absolute Gasteiger partial charge is 0.361 e. The third-order valence-electron chi connectivity index (χ3n) is 3.28. The van der Waals surface area contributed by atoms with Crippen molar-refractivity contribution in [3.05, 3.63) is 36.0 Å². The Hall–Kier alpha value is -1.77. The van der Waals surface area contributed by atoms with Gasteiger partial charge in [0.05, 0.1) is 0 Å². The maximum absolute atomic E-state index is 12.0. The van der Waals surface area contributed by atoms with Crippen LogP contribution in [0.1, 0.15) is 29.6 Å². The number of hydrogen-bond donors (Lipinski definition) is 2. The number of aromatic amines is 1. The molecule has 1 saturated carbocycles. The monoisotopic (exact) mass is 214 g/mol. The molecule has 0 aliphatic heterocycles. The van der Waals surface area contributed by atoms with E-state index in [1.807, 2.05) is 30.5 Å². The Morgan fingerprint density at radius 2 is 2.19 bits per heavy atom. The standard InChI is InChI=1S/C13H14N2O/c16-13(15-9-3-1-4-9)11-5-2-6-12-10(11)7-8-14-12/h2,5-9,14H,1,3-4H2,(H,15,16). The summed E-state index contributed by atoms with van der Waals surface area (Å²) in [5, 5.41) is 4.06. The molecule has 0 unspecified atom stereocenters. The summed E-state index contributed by atoms with van der Waals surface area (Å²) in [7, 11) is 0. The van der Waals surface area contributed by atoms with Crippen molar-refractivity contribution < 1.29 is 4.79 Å². The number of hydrogen-bond acceptors (Lipinski definition) is 1. The van der Waals surface area contributed by atoms with Crippen molar-refractivity contribution in [2.75, 3.05) is 0 Å². The summed E-state index contributed by atoms with van der Waals surface area (Å²) >= 11 is 0. The molecule has 0 saturated heterocycles. The lowest BCUT2D eigenvalue weighted by Gasteiger charge is -2.26. The smallest absolute Gasteiger partial charge is 0.252 e. The second-order valence-electron chi connectivity index (χ2n) is 4.35. The number of benzene rings is 1. The molecule has 3 rings (SSSR count). The number of fused-ring (bicyclic) bond motifs is 1. The zero-order valence-corrected chi connectivity index (χ0v) is 8.99. The van der Waals surface area contributed by atoms with Crippen LogP contribution in [0.3, 0.4) is 0 Å². The number of H-pyrrole nitrogens is 1. The van der Waals surface area contributed by atoms with E-state index in [0.717, 1.165) is 29.3 Å². The zero-order chi connectivity index (χ0) is 11.0.